The number of nitrogens with two attached hydrogens (primary N) is 1. The van der Waals surface area contributed by atoms with Crippen LogP contribution in [-0.2, 0) is 11.2 Å². The predicted molar refractivity (Wildman–Crippen MR) is 93.0 cm³/mol. The van der Waals surface area contributed by atoms with Crippen molar-refractivity contribution in [3.05, 3.63) is 39.8 Å². The highest BCUT2D eigenvalue weighted by atomic mass is 32.1. The summed E-state index contributed by atoms with van der Waals surface area (Å²) in [5.74, 6) is -0.0102. The number of amides is 1. The predicted octanol–water partition coefficient (Wildman–Crippen LogP) is 3.42. The second-order valence-electron chi connectivity index (χ2n) is 5.57. The summed E-state index contributed by atoms with van der Waals surface area (Å²) in [5, 5.41) is 0.833. The highest BCUT2D eigenvalue weighted by Gasteiger charge is 2.26. The van der Waals surface area contributed by atoms with Gasteiger partial charge in [-0.05, 0) is 44.4 Å². The fourth-order valence-electron chi connectivity index (χ4n) is 2.89. The molecular formula is C17H21N3O2S. The van der Waals surface area contributed by atoms with Crippen LogP contribution in [0.1, 0.15) is 46.6 Å². The van der Waals surface area contributed by atoms with E-state index >= 15 is 0 Å². The van der Waals surface area contributed by atoms with Crippen LogP contribution in [0, 0.1) is 0 Å². The highest BCUT2D eigenvalue weighted by Crippen LogP contribution is 2.33. The van der Waals surface area contributed by atoms with E-state index in [2.05, 4.69) is 4.98 Å². The van der Waals surface area contributed by atoms with Crippen molar-refractivity contribution in [2.45, 2.75) is 32.8 Å². The average molecular weight is 331 g/mol. The molecule has 122 valence electrons. The van der Waals surface area contributed by atoms with E-state index in [4.69, 9.17) is 10.5 Å². The Hall–Kier alpha value is -1.92. The van der Waals surface area contributed by atoms with Crippen molar-refractivity contribution in [2.75, 3.05) is 23.8 Å². The molecule has 1 aliphatic heterocycles. The van der Waals surface area contributed by atoms with E-state index < -0.39 is 0 Å². The number of ether oxygens (including phenoxy) is 1. The summed E-state index contributed by atoms with van der Waals surface area (Å²) in [6.45, 7) is 5.24. The Bertz CT molecular complexity index is 714. The first-order valence-corrected chi connectivity index (χ1v) is 8.70. The number of rotatable bonds is 4. The van der Waals surface area contributed by atoms with Crippen molar-refractivity contribution in [1.82, 2.24) is 4.98 Å². The quantitative estimate of drug-likeness (QED) is 0.872. The summed E-state index contributed by atoms with van der Waals surface area (Å²) >= 11 is 1.40. The first kappa shape index (κ1) is 16.0. The van der Waals surface area contributed by atoms with Crippen LogP contribution >= 0.6 is 11.3 Å². The molecule has 2 N–H and O–H groups in total. The number of thiazole rings is 1. The van der Waals surface area contributed by atoms with Crippen LogP contribution < -0.4 is 10.6 Å². The van der Waals surface area contributed by atoms with Crippen molar-refractivity contribution in [3.8, 4) is 0 Å². The number of nitrogen functional groups attached to an aromatic ring is 1. The Morgan fingerprint density at radius 1 is 1.52 bits per heavy atom. The molecule has 0 radical (unpaired) electrons. The van der Waals surface area contributed by atoms with Crippen LogP contribution in [0.25, 0.3) is 0 Å². The molecule has 0 saturated heterocycles. The number of anilines is 2. The lowest BCUT2D eigenvalue weighted by Crippen LogP contribution is -2.35. The van der Waals surface area contributed by atoms with E-state index in [1.807, 2.05) is 36.9 Å². The largest absolute Gasteiger partial charge is 0.398 e. The third-order valence-electron chi connectivity index (χ3n) is 4.03. The summed E-state index contributed by atoms with van der Waals surface area (Å²) in [4.78, 5) is 19.7. The lowest BCUT2D eigenvalue weighted by molar-refractivity contribution is 0.0762. The van der Waals surface area contributed by atoms with E-state index in [1.165, 1.54) is 11.3 Å². The number of carbonyl (C=O) groups is 1. The zero-order valence-electron chi connectivity index (χ0n) is 13.4. The maximum atomic E-state index is 12.9. The van der Waals surface area contributed by atoms with Gasteiger partial charge < -0.3 is 15.4 Å². The van der Waals surface area contributed by atoms with E-state index in [0.29, 0.717) is 18.0 Å². The van der Waals surface area contributed by atoms with Crippen LogP contribution in [0.3, 0.4) is 0 Å². The summed E-state index contributed by atoms with van der Waals surface area (Å²) < 4.78 is 5.54. The number of carbonyl (C=O) groups excluding carboxylic acids is 1. The van der Waals surface area contributed by atoms with Crippen LogP contribution in [0.2, 0.25) is 0 Å². The molecule has 6 heteroatoms. The Kier molecular flexibility index (Phi) is 4.63. The molecule has 2 heterocycles. The number of aromatic nitrogens is 1. The van der Waals surface area contributed by atoms with Gasteiger partial charge in [0.2, 0.25) is 0 Å². The van der Waals surface area contributed by atoms with Gasteiger partial charge in [-0.25, -0.2) is 4.98 Å². The number of fused-ring (bicyclic) bond motifs is 1. The normalized spacial score (nSPS) is 15.3. The zero-order chi connectivity index (χ0) is 16.4. The van der Waals surface area contributed by atoms with Crippen molar-refractivity contribution < 1.29 is 9.53 Å². The van der Waals surface area contributed by atoms with Crippen molar-refractivity contribution in [1.29, 1.82) is 0 Å². The van der Waals surface area contributed by atoms with E-state index in [0.717, 1.165) is 34.8 Å². The minimum absolute atomic E-state index is 0.0102. The Morgan fingerprint density at radius 3 is 3.13 bits per heavy atom. The minimum Gasteiger partial charge on any atom is -0.398 e. The highest BCUT2D eigenvalue weighted by molar-refractivity contribution is 7.13. The first-order chi connectivity index (χ1) is 11.1. The number of benzene rings is 1. The van der Waals surface area contributed by atoms with Crippen LogP contribution in [0.4, 0.5) is 11.4 Å². The van der Waals surface area contributed by atoms with Gasteiger partial charge in [-0.15, -0.1) is 11.3 Å². The molecule has 1 aliphatic rings. The Labute approximate surface area is 140 Å². The molecular weight excluding hydrogens is 310 g/mol. The fraction of sp³-hybridized carbons (Fsp3) is 0.412. The van der Waals surface area contributed by atoms with Gasteiger partial charge in [-0.1, -0.05) is 6.07 Å². The third kappa shape index (κ3) is 3.09. The summed E-state index contributed by atoms with van der Waals surface area (Å²) in [6.07, 6.45) is 3.41. The molecule has 2 aromatic rings. The van der Waals surface area contributed by atoms with Gasteiger partial charge in [0.25, 0.3) is 5.91 Å². The van der Waals surface area contributed by atoms with E-state index in [1.54, 1.807) is 6.20 Å². The van der Waals surface area contributed by atoms with Gasteiger partial charge in [0, 0.05) is 24.5 Å². The number of hydrogen-bond donors (Lipinski definition) is 1. The van der Waals surface area contributed by atoms with Crippen LogP contribution in [-0.4, -0.2) is 24.0 Å². The van der Waals surface area contributed by atoms with Gasteiger partial charge in [0.1, 0.15) is 16.0 Å². The summed E-state index contributed by atoms with van der Waals surface area (Å²) in [5.41, 5.74) is 8.81. The SMILES string of the molecule is CCOC(C)c1ncc(C(=O)N2CCCc3c(N)cccc32)s1. The van der Waals surface area contributed by atoms with Gasteiger partial charge in [-0.3, -0.25) is 4.79 Å². The average Bonchev–Trinajstić information content (AvgIpc) is 3.04. The molecule has 0 bridgehead atoms. The van der Waals surface area contributed by atoms with Crippen molar-refractivity contribution in [2.24, 2.45) is 0 Å². The maximum Gasteiger partial charge on any atom is 0.270 e. The Morgan fingerprint density at radius 2 is 2.35 bits per heavy atom. The van der Waals surface area contributed by atoms with Crippen molar-refractivity contribution in [3.63, 3.8) is 0 Å². The molecule has 23 heavy (non-hydrogen) atoms. The monoisotopic (exact) mass is 331 g/mol. The molecule has 0 fully saturated rings. The number of hydrogen-bond acceptors (Lipinski definition) is 5. The van der Waals surface area contributed by atoms with Gasteiger partial charge in [0.05, 0.1) is 6.20 Å². The Balaban J connectivity index is 1.86. The third-order valence-corrected chi connectivity index (χ3v) is 5.18. The topological polar surface area (TPSA) is 68.5 Å². The van der Waals surface area contributed by atoms with Crippen molar-refractivity contribution >= 4 is 28.6 Å². The molecule has 1 aromatic heterocycles. The molecule has 1 unspecified atom stereocenters. The summed E-state index contributed by atoms with van der Waals surface area (Å²) in [6, 6.07) is 5.75. The van der Waals surface area contributed by atoms with Crippen LogP contribution in [0.15, 0.2) is 24.4 Å². The smallest absolute Gasteiger partial charge is 0.270 e. The van der Waals surface area contributed by atoms with Crippen LogP contribution in [0.5, 0.6) is 0 Å². The molecule has 1 amide bonds. The van der Waals surface area contributed by atoms with Gasteiger partial charge >= 0.3 is 0 Å². The first-order valence-electron chi connectivity index (χ1n) is 7.88. The van der Waals surface area contributed by atoms with E-state index in [9.17, 15) is 4.79 Å². The molecule has 0 saturated carbocycles. The molecule has 0 spiro atoms. The van der Waals surface area contributed by atoms with E-state index in [-0.39, 0.29) is 12.0 Å². The van der Waals surface area contributed by atoms with Gasteiger partial charge in [0.15, 0.2) is 0 Å². The standard InChI is InChI=1S/C17H21N3O2S/c1-3-22-11(2)16-19-10-15(23-16)17(21)20-9-5-6-12-13(18)7-4-8-14(12)20/h4,7-8,10-11H,3,5-6,9,18H2,1-2H3. The second kappa shape index (κ2) is 6.68. The lowest BCUT2D eigenvalue weighted by Gasteiger charge is -2.29. The fourth-order valence-corrected chi connectivity index (χ4v) is 3.76. The molecule has 1 aromatic carbocycles. The molecule has 1 atom stereocenters. The van der Waals surface area contributed by atoms with Gasteiger partial charge in [-0.2, -0.15) is 0 Å². The summed E-state index contributed by atoms with van der Waals surface area (Å²) in [7, 11) is 0. The zero-order valence-corrected chi connectivity index (χ0v) is 14.2. The molecule has 0 aliphatic carbocycles. The second-order valence-corrected chi connectivity index (χ2v) is 6.63. The molecule has 5 nitrogen and oxygen atoms in total. The lowest BCUT2D eigenvalue weighted by atomic mass is 10.00. The maximum absolute atomic E-state index is 12.9. The minimum atomic E-state index is -0.0872. The molecule has 3 rings (SSSR count). The number of nitrogens with zero attached hydrogens (tertiary/aromatic N) is 2.